The Morgan fingerprint density at radius 2 is 0.407 bits per heavy atom. The quantitative estimate of drug-likeness (QED) is 0.0557. The van der Waals surface area contributed by atoms with E-state index in [4.69, 9.17) is 58.3 Å². The largest absolute Gasteiger partial charge is 0.480 e. The first-order valence-corrected chi connectivity index (χ1v) is 16.1. The summed E-state index contributed by atoms with van der Waals surface area (Å²) in [5.74, 6) is -4.34. The molecule has 0 aliphatic carbocycles. The molecule has 0 fully saturated rings. The van der Waals surface area contributed by atoms with Gasteiger partial charge in [-0.25, -0.2) is 19.2 Å². The lowest BCUT2D eigenvalue weighted by atomic mass is 10.5. The van der Waals surface area contributed by atoms with Crippen LogP contribution in [0.2, 0.25) is 0 Å². The van der Waals surface area contributed by atoms with Crippen LogP contribution in [0.5, 0.6) is 0 Å². The van der Waals surface area contributed by atoms with Gasteiger partial charge in [0.05, 0.1) is 79.3 Å². The van der Waals surface area contributed by atoms with Gasteiger partial charge in [0, 0.05) is 0 Å². The highest BCUT2D eigenvalue weighted by atomic mass is 16.6. The van der Waals surface area contributed by atoms with Crippen molar-refractivity contribution >= 4 is 47.0 Å². The maximum atomic E-state index is 10.5. The monoisotopic (exact) mass is 792 g/mol. The molecule has 0 rings (SSSR count). The SMILES string of the molecule is CC(=O)COCC(=O)O.CC(=O)COCCOCC(=O)O.CC(=O)COCCOCCOCC(=O)O.CC(=O)COCCOCCOCCOCC(=O)O. The molecule has 0 radical (unpaired) electrons. The predicted molar refractivity (Wildman–Crippen MR) is 181 cm³/mol. The van der Waals surface area contributed by atoms with Crippen molar-refractivity contribution in [3.05, 3.63) is 0 Å². The molecule has 0 saturated heterocycles. The minimum Gasteiger partial charge on any atom is -0.480 e. The van der Waals surface area contributed by atoms with Crippen LogP contribution in [0.25, 0.3) is 0 Å². The smallest absolute Gasteiger partial charge is 0.329 e. The molecule has 0 aliphatic heterocycles. The highest BCUT2D eigenvalue weighted by molar-refractivity contribution is 5.78. The number of ketones is 4. The minimum absolute atomic E-state index is 0.0142. The summed E-state index contributed by atoms with van der Waals surface area (Å²) < 4.78 is 48.6. The zero-order chi connectivity index (χ0) is 41.8. The molecule has 4 N–H and O–H groups in total. The number of ether oxygens (including phenoxy) is 10. The van der Waals surface area contributed by atoms with Crippen LogP contribution in [0.1, 0.15) is 27.7 Å². The van der Waals surface area contributed by atoms with Gasteiger partial charge in [0.2, 0.25) is 0 Å². The first-order valence-electron chi connectivity index (χ1n) is 16.1. The number of carbonyl (C=O) groups excluding carboxylic acids is 4. The van der Waals surface area contributed by atoms with Gasteiger partial charge in [0.1, 0.15) is 52.9 Å². The topological polar surface area (TPSA) is 310 Å². The number of carbonyl (C=O) groups is 8. The van der Waals surface area contributed by atoms with Crippen molar-refractivity contribution in [1.82, 2.24) is 0 Å². The van der Waals surface area contributed by atoms with E-state index in [2.05, 4.69) is 9.47 Å². The number of hydrogen-bond acceptors (Lipinski definition) is 18. The molecule has 54 heavy (non-hydrogen) atoms. The summed E-state index contributed by atoms with van der Waals surface area (Å²) in [5, 5.41) is 32.6. The standard InChI is InChI=1S/C11H20O7.C9H16O6.C7H12O5.C5H8O4/c1-10(12)8-17-6-4-15-2-3-16-5-7-18-9-11(13)14;1-8(10)6-14-4-2-13-3-5-15-7-9(11)12;1-6(8)4-11-2-3-12-5-7(9)10;1-4(6)2-9-3-5(7)8/h2-9H2,1H3,(H,13,14);2-7H2,1H3,(H,11,12);2-5H2,1H3,(H,9,10);2-3H2,1H3,(H,7,8). The van der Waals surface area contributed by atoms with Gasteiger partial charge in [-0.05, 0) is 27.7 Å². The van der Waals surface area contributed by atoms with Crippen LogP contribution in [0.15, 0.2) is 0 Å². The second kappa shape index (κ2) is 45.3. The van der Waals surface area contributed by atoms with E-state index < -0.39 is 30.5 Å². The van der Waals surface area contributed by atoms with E-state index in [1.807, 2.05) is 0 Å². The van der Waals surface area contributed by atoms with Crippen LogP contribution in [0, 0.1) is 0 Å². The Balaban J connectivity index is -0.000000318. The summed E-state index contributed by atoms with van der Waals surface area (Å²) in [6.45, 7) is 8.32. The first kappa shape index (κ1) is 56.9. The molecule has 22 nitrogen and oxygen atoms in total. The molecule has 0 unspecified atom stereocenters. The maximum Gasteiger partial charge on any atom is 0.329 e. The fourth-order valence-corrected chi connectivity index (χ4v) is 2.42. The Hall–Kier alpha value is -3.84. The van der Waals surface area contributed by atoms with Crippen LogP contribution in [-0.4, -0.2) is 200 Å². The second-order valence-corrected chi connectivity index (χ2v) is 10.0. The third kappa shape index (κ3) is 73.6. The van der Waals surface area contributed by atoms with E-state index in [9.17, 15) is 38.4 Å². The molecule has 0 saturated carbocycles. The number of Topliss-reactive ketones (excluding diaryl/α,β-unsaturated/α-hetero) is 4. The highest BCUT2D eigenvalue weighted by Crippen LogP contribution is 1.85. The van der Waals surface area contributed by atoms with Crippen LogP contribution < -0.4 is 0 Å². The summed E-state index contributed by atoms with van der Waals surface area (Å²) in [5.41, 5.74) is 0. The fraction of sp³-hybridized carbons (Fsp3) is 0.750. The van der Waals surface area contributed by atoms with E-state index in [1.165, 1.54) is 27.7 Å². The van der Waals surface area contributed by atoms with Gasteiger partial charge >= 0.3 is 23.9 Å². The Morgan fingerprint density at radius 3 is 0.593 bits per heavy atom. The molecule has 0 amide bonds. The molecule has 0 spiro atoms. The lowest BCUT2D eigenvalue weighted by Crippen LogP contribution is -2.14. The molecular formula is C32H56O22. The number of hydrogen-bond donors (Lipinski definition) is 4. The van der Waals surface area contributed by atoms with Gasteiger partial charge in [-0.3, -0.25) is 19.2 Å². The van der Waals surface area contributed by atoms with Gasteiger partial charge < -0.3 is 67.8 Å². The second-order valence-electron chi connectivity index (χ2n) is 10.0. The lowest BCUT2D eigenvalue weighted by molar-refractivity contribution is -0.144. The van der Waals surface area contributed by atoms with E-state index in [-0.39, 0.29) is 95.8 Å². The molecule has 0 aromatic rings. The van der Waals surface area contributed by atoms with Crippen LogP contribution in [0.4, 0.5) is 0 Å². The average Bonchev–Trinajstić information content (AvgIpc) is 3.06. The summed E-state index contributed by atoms with van der Waals surface area (Å²) >= 11 is 0. The van der Waals surface area contributed by atoms with E-state index in [0.29, 0.717) is 52.9 Å². The molecule has 22 heteroatoms. The summed E-state index contributed by atoms with van der Waals surface area (Å²) in [6, 6.07) is 0. The maximum absolute atomic E-state index is 10.5. The Kier molecular flexibility index (Phi) is 47.7. The lowest BCUT2D eigenvalue weighted by Gasteiger charge is -2.06. The number of aliphatic carboxylic acids is 4. The molecule has 0 bridgehead atoms. The molecule has 0 atom stereocenters. The Bertz CT molecular complexity index is 925. The van der Waals surface area contributed by atoms with Crippen molar-refractivity contribution < 1.29 is 106 Å². The zero-order valence-electron chi connectivity index (χ0n) is 31.3. The third-order valence-corrected chi connectivity index (χ3v) is 4.36. The van der Waals surface area contributed by atoms with Crippen molar-refractivity contribution in [3.8, 4) is 0 Å². The van der Waals surface area contributed by atoms with Crippen molar-refractivity contribution in [1.29, 1.82) is 0 Å². The molecule has 316 valence electrons. The van der Waals surface area contributed by atoms with Gasteiger partial charge in [0.25, 0.3) is 0 Å². The molecule has 0 aromatic heterocycles. The molecule has 0 heterocycles. The number of rotatable bonds is 34. The van der Waals surface area contributed by atoms with Crippen molar-refractivity contribution in [3.63, 3.8) is 0 Å². The number of carboxylic acids is 4. The van der Waals surface area contributed by atoms with E-state index in [1.54, 1.807) is 0 Å². The van der Waals surface area contributed by atoms with Crippen molar-refractivity contribution in [2.24, 2.45) is 0 Å². The highest BCUT2D eigenvalue weighted by Gasteiger charge is 2.00. The normalized spacial score (nSPS) is 10.0. The van der Waals surface area contributed by atoms with Crippen LogP contribution >= 0.6 is 0 Å². The zero-order valence-corrected chi connectivity index (χ0v) is 31.3. The summed E-state index contributed by atoms with van der Waals surface area (Å²) in [7, 11) is 0. The Labute approximate surface area is 313 Å². The first-order chi connectivity index (χ1) is 25.5. The number of carboxylic acid groups (broad SMARTS) is 4. The van der Waals surface area contributed by atoms with Gasteiger partial charge in [-0.1, -0.05) is 0 Å². The summed E-state index contributed by atoms with van der Waals surface area (Å²) in [6.07, 6.45) is 0. The molecular weight excluding hydrogens is 736 g/mol. The fourth-order valence-electron chi connectivity index (χ4n) is 2.42. The third-order valence-electron chi connectivity index (χ3n) is 4.36. The van der Waals surface area contributed by atoms with Gasteiger partial charge in [-0.2, -0.15) is 0 Å². The average molecular weight is 793 g/mol. The van der Waals surface area contributed by atoms with Gasteiger partial charge in [0.15, 0.2) is 23.1 Å². The summed E-state index contributed by atoms with van der Waals surface area (Å²) in [4.78, 5) is 81.2. The van der Waals surface area contributed by atoms with Gasteiger partial charge in [-0.15, -0.1) is 0 Å². The van der Waals surface area contributed by atoms with Crippen LogP contribution in [-0.2, 0) is 85.7 Å². The van der Waals surface area contributed by atoms with E-state index in [0.717, 1.165) is 0 Å². The van der Waals surface area contributed by atoms with Crippen LogP contribution in [0.3, 0.4) is 0 Å². The molecule has 0 aromatic carbocycles. The molecule has 0 aliphatic rings. The van der Waals surface area contributed by atoms with E-state index >= 15 is 0 Å². The van der Waals surface area contributed by atoms with Crippen molar-refractivity contribution in [2.45, 2.75) is 27.7 Å². The van der Waals surface area contributed by atoms with Crippen molar-refractivity contribution in [2.75, 3.05) is 132 Å². The predicted octanol–water partition coefficient (Wildman–Crippen LogP) is -1.19. The Morgan fingerprint density at radius 1 is 0.259 bits per heavy atom. The minimum atomic E-state index is -1.06.